The van der Waals surface area contributed by atoms with Crippen LogP contribution in [0.2, 0.25) is 0 Å². The van der Waals surface area contributed by atoms with Gasteiger partial charge >= 0.3 is 0 Å². The first-order valence-electron chi connectivity index (χ1n) is 5.49. The lowest BCUT2D eigenvalue weighted by Gasteiger charge is -2.24. The summed E-state index contributed by atoms with van der Waals surface area (Å²) in [5.74, 6) is 0. The minimum absolute atomic E-state index is 0.260. The van der Waals surface area contributed by atoms with Crippen LogP contribution in [0.5, 0.6) is 0 Å². The molecule has 0 fully saturated rings. The highest BCUT2D eigenvalue weighted by Crippen LogP contribution is 2.33. The van der Waals surface area contributed by atoms with E-state index in [0.717, 1.165) is 6.42 Å². The van der Waals surface area contributed by atoms with Crippen LogP contribution in [0.25, 0.3) is 0 Å². The molecule has 1 aromatic rings. The van der Waals surface area contributed by atoms with Crippen LogP contribution < -0.4 is 0 Å². The summed E-state index contributed by atoms with van der Waals surface area (Å²) in [6, 6.07) is 0. The summed E-state index contributed by atoms with van der Waals surface area (Å²) in [4.78, 5) is 0. The molecule has 0 spiro atoms. The van der Waals surface area contributed by atoms with E-state index in [2.05, 4.69) is 31.0 Å². The number of nitrogens with zero attached hydrogens (tertiary/aromatic N) is 2. The summed E-state index contributed by atoms with van der Waals surface area (Å²) < 4.78 is 0. The number of aromatic nitrogens is 2. The van der Waals surface area contributed by atoms with Crippen LogP contribution in [-0.4, -0.2) is 10.2 Å². The number of hydrogen-bond acceptors (Lipinski definition) is 3. The molecule has 0 saturated carbocycles. The van der Waals surface area contributed by atoms with Crippen molar-refractivity contribution in [2.45, 2.75) is 58.3 Å². The average molecular weight is 212 g/mol. The lowest BCUT2D eigenvalue weighted by Crippen LogP contribution is -2.20. The van der Waals surface area contributed by atoms with Crippen molar-refractivity contribution in [1.29, 1.82) is 0 Å². The molecule has 0 aliphatic rings. The number of rotatable bonds is 6. The van der Waals surface area contributed by atoms with Crippen molar-refractivity contribution >= 4 is 11.3 Å². The van der Waals surface area contributed by atoms with Gasteiger partial charge in [-0.1, -0.05) is 40.0 Å². The van der Waals surface area contributed by atoms with E-state index in [0.29, 0.717) is 0 Å². The van der Waals surface area contributed by atoms with Crippen LogP contribution in [-0.2, 0) is 5.41 Å². The van der Waals surface area contributed by atoms with Crippen LogP contribution in [0.3, 0.4) is 0 Å². The van der Waals surface area contributed by atoms with Crippen molar-refractivity contribution in [1.82, 2.24) is 10.2 Å². The Morgan fingerprint density at radius 2 is 2.14 bits per heavy atom. The van der Waals surface area contributed by atoms with Gasteiger partial charge in [-0.25, -0.2) is 0 Å². The van der Waals surface area contributed by atoms with E-state index in [4.69, 9.17) is 0 Å². The van der Waals surface area contributed by atoms with E-state index in [1.165, 1.54) is 30.7 Å². The fourth-order valence-corrected chi connectivity index (χ4v) is 2.46. The summed E-state index contributed by atoms with van der Waals surface area (Å²) in [6.45, 7) is 6.80. The zero-order valence-electron chi connectivity index (χ0n) is 9.42. The summed E-state index contributed by atoms with van der Waals surface area (Å²) in [7, 11) is 0. The van der Waals surface area contributed by atoms with E-state index in [1.807, 2.05) is 5.51 Å². The van der Waals surface area contributed by atoms with Gasteiger partial charge in [-0.05, 0) is 12.8 Å². The molecule has 0 amide bonds. The molecule has 0 aliphatic carbocycles. The Kier molecular flexibility index (Phi) is 4.52. The van der Waals surface area contributed by atoms with Gasteiger partial charge in [0, 0.05) is 5.41 Å². The second kappa shape index (κ2) is 5.44. The highest BCUT2D eigenvalue weighted by molar-refractivity contribution is 7.09. The molecule has 0 aromatic carbocycles. The molecule has 80 valence electrons. The third-order valence-corrected chi connectivity index (χ3v) is 3.99. The second-order valence-corrected chi connectivity index (χ2v) is 4.95. The molecule has 0 saturated heterocycles. The Morgan fingerprint density at radius 3 is 2.64 bits per heavy atom. The van der Waals surface area contributed by atoms with Gasteiger partial charge in [0.05, 0.1) is 0 Å². The molecule has 2 nitrogen and oxygen atoms in total. The van der Waals surface area contributed by atoms with Crippen molar-refractivity contribution in [2.24, 2.45) is 0 Å². The molecule has 1 aromatic heterocycles. The highest BCUT2D eigenvalue weighted by atomic mass is 32.1. The summed E-state index contributed by atoms with van der Waals surface area (Å²) in [6.07, 6.45) is 6.32. The molecule has 3 heteroatoms. The molecule has 1 rings (SSSR count). The van der Waals surface area contributed by atoms with Crippen molar-refractivity contribution in [3.8, 4) is 0 Å². The number of hydrogen-bond donors (Lipinski definition) is 0. The Hall–Kier alpha value is -0.440. The van der Waals surface area contributed by atoms with E-state index in [1.54, 1.807) is 11.3 Å². The zero-order valence-corrected chi connectivity index (χ0v) is 10.2. The average Bonchev–Trinajstić information content (AvgIpc) is 2.71. The Balaban J connectivity index is 2.57. The van der Waals surface area contributed by atoms with Crippen molar-refractivity contribution in [2.75, 3.05) is 0 Å². The fraction of sp³-hybridized carbons (Fsp3) is 0.818. The molecule has 1 heterocycles. The minimum atomic E-state index is 0.260. The van der Waals surface area contributed by atoms with E-state index in [-0.39, 0.29) is 5.41 Å². The largest absolute Gasteiger partial charge is 0.147 e. The van der Waals surface area contributed by atoms with E-state index in [9.17, 15) is 0 Å². The van der Waals surface area contributed by atoms with Crippen molar-refractivity contribution in [3.05, 3.63) is 10.5 Å². The van der Waals surface area contributed by atoms with Gasteiger partial charge in [0.25, 0.3) is 0 Å². The van der Waals surface area contributed by atoms with Crippen LogP contribution in [0.15, 0.2) is 5.51 Å². The monoisotopic (exact) mass is 212 g/mol. The van der Waals surface area contributed by atoms with Crippen LogP contribution in [0, 0.1) is 0 Å². The zero-order chi connectivity index (χ0) is 10.4. The molecule has 0 radical (unpaired) electrons. The van der Waals surface area contributed by atoms with E-state index < -0.39 is 0 Å². The normalized spacial score (nSPS) is 15.4. The fourth-order valence-electron chi connectivity index (χ4n) is 1.64. The van der Waals surface area contributed by atoms with Crippen LogP contribution in [0.4, 0.5) is 0 Å². The predicted octanol–water partition coefficient (Wildman–Crippen LogP) is 3.79. The Labute approximate surface area is 90.8 Å². The quantitative estimate of drug-likeness (QED) is 0.670. The third kappa shape index (κ3) is 2.77. The van der Waals surface area contributed by atoms with Gasteiger partial charge in [-0.15, -0.1) is 21.5 Å². The van der Waals surface area contributed by atoms with Crippen molar-refractivity contribution < 1.29 is 0 Å². The smallest absolute Gasteiger partial charge is 0.123 e. The van der Waals surface area contributed by atoms with Gasteiger partial charge < -0.3 is 0 Å². The third-order valence-electron chi connectivity index (χ3n) is 2.99. The van der Waals surface area contributed by atoms with Crippen LogP contribution >= 0.6 is 11.3 Å². The molecule has 14 heavy (non-hydrogen) atoms. The minimum Gasteiger partial charge on any atom is -0.147 e. The highest BCUT2D eigenvalue weighted by Gasteiger charge is 2.26. The Bertz CT molecular complexity index is 246. The molecule has 0 N–H and O–H groups in total. The first-order valence-corrected chi connectivity index (χ1v) is 6.37. The molecular weight excluding hydrogens is 192 g/mol. The standard InChI is InChI=1S/C11H20N2S/c1-4-6-7-8-11(3,5-2)10-13-12-9-14-10/h9H,4-8H2,1-3H3. The number of unbranched alkanes of at least 4 members (excludes halogenated alkanes) is 2. The summed E-state index contributed by atoms with van der Waals surface area (Å²) >= 11 is 1.69. The van der Waals surface area contributed by atoms with Gasteiger partial charge in [0.2, 0.25) is 0 Å². The molecule has 0 aliphatic heterocycles. The molecular formula is C11H20N2S. The Morgan fingerprint density at radius 1 is 1.36 bits per heavy atom. The maximum Gasteiger partial charge on any atom is 0.123 e. The summed E-state index contributed by atoms with van der Waals surface area (Å²) in [5, 5.41) is 9.34. The maximum absolute atomic E-state index is 4.21. The maximum atomic E-state index is 4.21. The van der Waals surface area contributed by atoms with Gasteiger partial charge in [-0.3, -0.25) is 0 Å². The predicted molar refractivity (Wildman–Crippen MR) is 61.7 cm³/mol. The van der Waals surface area contributed by atoms with Crippen LogP contribution in [0.1, 0.15) is 57.9 Å². The molecule has 1 unspecified atom stereocenters. The SMILES string of the molecule is CCCCCC(C)(CC)c1nncs1. The van der Waals surface area contributed by atoms with Gasteiger partial charge in [-0.2, -0.15) is 0 Å². The molecule has 1 atom stereocenters. The molecule has 0 bridgehead atoms. The van der Waals surface area contributed by atoms with Crippen molar-refractivity contribution in [3.63, 3.8) is 0 Å². The lowest BCUT2D eigenvalue weighted by atomic mass is 9.83. The first kappa shape index (κ1) is 11.6. The lowest BCUT2D eigenvalue weighted by molar-refractivity contribution is 0.394. The van der Waals surface area contributed by atoms with Gasteiger partial charge in [0.1, 0.15) is 10.5 Å². The van der Waals surface area contributed by atoms with E-state index >= 15 is 0 Å². The summed E-state index contributed by atoms with van der Waals surface area (Å²) in [5.41, 5.74) is 2.10. The topological polar surface area (TPSA) is 25.8 Å². The first-order chi connectivity index (χ1) is 6.73. The second-order valence-electron chi connectivity index (χ2n) is 4.12. The van der Waals surface area contributed by atoms with Gasteiger partial charge in [0.15, 0.2) is 0 Å².